The largest absolute Gasteiger partial charge is 0.321 e. The molecule has 0 spiro atoms. The Morgan fingerprint density at radius 1 is 0.962 bits per heavy atom. The topological polar surface area (TPSA) is 54.9 Å². The van der Waals surface area contributed by atoms with Gasteiger partial charge in [-0.15, -0.1) is 0 Å². The molecule has 0 fully saturated rings. The standard InChI is InChI=1S/C22H23N3O/c1-15-6-5-13-23-20(15)16-7-12-19(24-14-16)21(26)25-18-10-8-17(9-11-18)22(2,3)4/h5-14H,1-4H3,(H,25,26). The van der Waals surface area contributed by atoms with Crippen molar-refractivity contribution < 1.29 is 4.79 Å². The molecule has 0 unspecified atom stereocenters. The second-order valence-corrected chi connectivity index (χ2v) is 7.38. The summed E-state index contributed by atoms with van der Waals surface area (Å²) in [6, 6.07) is 15.4. The van der Waals surface area contributed by atoms with Crippen molar-refractivity contribution in [2.75, 3.05) is 5.32 Å². The Morgan fingerprint density at radius 2 is 1.69 bits per heavy atom. The van der Waals surface area contributed by atoms with Crippen LogP contribution in [0, 0.1) is 6.92 Å². The number of nitrogens with one attached hydrogen (secondary N) is 1. The monoisotopic (exact) mass is 345 g/mol. The molecule has 132 valence electrons. The lowest BCUT2D eigenvalue weighted by atomic mass is 9.87. The van der Waals surface area contributed by atoms with E-state index in [-0.39, 0.29) is 11.3 Å². The number of aromatic nitrogens is 2. The van der Waals surface area contributed by atoms with Crippen molar-refractivity contribution in [3.63, 3.8) is 0 Å². The summed E-state index contributed by atoms with van der Waals surface area (Å²) >= 11 is 0. The predicted octanol–water partition coefficient (Wildman–Crippen LogP) is 5.00. The zero-order valence-electron chi connectivity index (χ0n) is 15.6. The molecule has 0 aliphatic carbocycles. The van der Waals surface area contributed by atoms with E-state index in [2.05, 4.69) is 36.1 Å². The molecule has 2 aromatic heterocycles. The molecule has 4 nitrogen and oxygen atoms in total. The zero-order valence-corrected chi connectivity index (χ0v) is 15.6. The number of nitrogens with zero attached hydrogens (tertiary/aromatic N) is 2. The minimum atomic E-state index is -0.224. The van der Waals surface area contributed by atoms with E-state index in [1.807, 2.05) is 49.4 Å². The fourth-order valence-electron chi connectivity index (χ4n) is 2.70. The number of carbonyl (C=O) groups excluding carboxylic acids is 1. The van der Waals surface area contributed by atoms with Crippen LogP contribution in [0.2, 0.25) is 0 Å². The first-order valence-electron chi connectivity index (χ1n) is 8.64. The van der Waals surface area contributed by atoms with Crippen molar-refractivity contribution in [2.24, 2.45) is 0 Å². The normalized spacial score (nSPS) is 11.2. The highest BCUT2D eigenvalue weighted by Gasteiger charge is 2.14. The van der Waals surface area contributed by atoms with E-state index >= 15 is 0 Å². The summed E-state index contributed by atoms with van der Waals surface area (Å²) in [5, 5.41) is 2.89. The van der Waals surface area contributed by atoms with Crippen molar-refractivity contribution in [3.05, 3.63) is 77.7 Å². The summed E-state index contributed by atoms with van der Waals surface area (Å²) in [5.41, 5.74) is 5.30. The zero-order chi connectivity index (χ0) is 18.7. The first kappa shape index (κ1) is 17.8. The molecular formula is C22H23N3O. The average Bonchev–Trinajstić information content (AvgIpc) is 2.62. The van der Waals surface area contributed by atoms with Gasteiger partial charge in [-0.25, -0.2) is 0 Å². The Balaban J connectivity index is 1.73. The third kappa shape index (κ3) is 3.97. The van der Waals surface area contributed by atoms with Gasteiger partial charge in [0.15, 0.2) is 0 Å². The lowest BCUT2D eigenvalue weighted by Gasteiger charge is -2.19. The fourth-order valence-corrected chi connectivity index (χ4v) is 2.70. The Kier molecular flexibility index (Phi) is 4.85. The molecular weight excluding hydrogens is 322 g/mol. The molecule has 0 saturated heterocycles. The molecule has 2 heterocycles. The third-order valence-corrected chi connectivity index (χ3v) is 4.29. The molecule has 1 amide bonds. The van der Waals surface area contributed by atoms with Crippen LogP contribution in [0.3, 0.4) is 0 Å². The van der Waals surface area contributed by atoms with Gasteiger partial charge >= 0.3 is 0 Å². The average molecular weight is 345 g/mol. The van der Waals surface area contributed by atoms with E-state index in [1.54, 1.807) is 18.5 Å². The van der Waals surface area contributed by atoms with Crippen molar-refractivity contribution in [3.8, 4) is 11.3 Å². The van der Waals surface area contributed by atoms with Crippen LogP contribution in [0.1, 0.15) is 42.4 Å². The van der Waals surface area contributed by atoms with Gasteiger partial charge in [0.05, 0.1) is 5.69 Å². The number of pyridine rings is 2. The molecule has 1 aromatic carbocycles. The second kappa shape index (κ2) is 7.08. The van der Waals surface area contributed by atoms with E-state index in [9.17, 15) is 4.79 Å². The molecule has 0 bridgehead atoms. The van der Waals surface area contributed by atoms with Gasteiger partial charge in [0, 0.05) is 23.6 Å². The highest BCUT2D eigenvalue weighted by molar-refractivity contribution is 6.03. The minimum Gasteiger partial charge on any atom is -0.321 e. The van der Waals surface area contributed by atoms with E-state index in [0.29, 0.717) is 5.69 Å². The number of hydrogen-bond donors (Lipinski definition) is 1. The molecule has 26 heavy (non-hydrogen) atoms. The van der Waals surface area contributed by atoms with Crippen LogP contribution in [-0.2, 0) is 5.41 Å². The van der Waals surface area contributed by atoms with Gasteiger partial charge < -0.3 is 5.32 Å². The lowest BCUT2D eigenvalue weighted by molar-refractivity contribution is 0.102. The summed E-state index contributed by atoms with van der Waals surface area (Å²) in [5.74, 6) is -0.224. The maximum atomic E-state index is 12.4. The minimum absolute atomic E-state index is 0.0868. The molecule has 0 aliphatic rings. The first-order valence-corrected chi connectivity index (χ1v) is 8.64. The Hall–Kier alpha value is -3.01. The first-order chi connectivity index (χ1) is 12.3. The fraction of sp³-hybridized carbons (Fsp3) is 0.227. The number of aryl methyl sites for hydroxylation is 1. The smallest absolute Gasteiger partial charge is 0.274 e. The van der Waals surface area contributed by atoms with E-state index < -0.39 is 0 Å². The molecule has 0 saturated carbocycles. The summed E-state index contributed by atoms with van der Waals surface area (Å²) in [6.07, 6.45) is 3.44. The van der Waals surface area contributed by atoms with Gasteiger partial charge in [-0.2, -0.15) is 0 Å². The van der Waals surface area contributed by atoms with Crippen LogP contribution in [0.5, 0.6) is 0 Å². The second-order valence-electron chi connectivity index (χ2n) is 7.38. The molecule has 0 radical (unpaired) electrons. The highest BCUT2D eigenvalue weighted by atomic mass is 16.1. The van der Waals surface area contributed by atoms with E-state index in [0.717, 1.165) is 22.5 Å². The van der Waals surface area contributed by atoms with Crippen molar-refractivity contribution in [1.82, 2.24) is 9.97 Å². The molecule has 0 aliphatic heterocycles. The number of rotatable bonds is 3. The number of amides is 1. The van der Waals surface area contributed by atoms with Gasteiger partial charge in [-0.3, -0.25) is 14.8 Å². The van der Waals surface area contributed by atoms with Crippen LogP contribution in [0.15, 0.2) is 60.9 Å². The Bertz CT molecular complexity index is 907. The van der Waals surface area contributed by atoms with Gasteiger partial charge in [0.2, 0.25) is 0 Å². The molecule has 3 aromatic rings. The summed E-state index contributed by atoms with van der Waals surface area (Å²) in [7, 11) is 0. The van der Waals surface area contributed by atoms with Crippen LogP contribution in [0.4, 0.5) is 5.69 Å². The number of benzene rings is 1. The SMILES string of the molecule is Cc1cccnc1-c1ccc(C(=O)Nc2ccc(C(C)(C)C)cc2)nc1. The van der Waals surface area contributed by atoms with Crippen LogP contribution < -0.4 is 5.32 Å². The number of anilines is 1. The molecule has 0 atom stereocenters. The van der Waals surface area contributed by atoms with Gasteiger partial charge in [0.25, 0.3) is 5.91 Å². The maximum absolute atomic E-state index is 12.4. The van der Waals surface area contributed by atoms with Crippen LogP contribution in [0.25, 0.3) is 11.3 Å². The Morgan fingerprint density at radius 3 is 2.27 bits per heavy atom. The molecule has 4 heteroatoms. The van der Waals surface area contributed by atoms with Crippen LogP contribution in [-0.4, -0.2) is 15.9 Å². The van der Waals surface area contributed by atoms with Gasteiger partial charge in [-0.05, 0) is 53.8 Å². The maximum Gasteiger partial charge on any atom is 0.274 e. The van der Waals surface area contributed by atoms with Gasteiger partial charge in [-0.1, -0.05) is 39.0 Å². The summed E-state index contributed by atoms with van der Waals surface area (Å²) < 4.78 is 0. The Labute approximate surface area is 154 Å². The quantitative estimate of drug-likeness (QED) is 0.726. The van der Waals surface area contributed by atoms with E-state index in [1.165, 1.54) is 5.56 Å². The van der Waals surface area contributed by atoms with Crippen molar-refractivity contribution in [2.45, 2.75) is 33.1 Å². The summed E-state index contributed by atoms with van der Waals surface area (Å²) in [4.78, 5) is 21.1. The lowest BCUT2D eigenvalue weighted by Crippen LogP contribution is -2.14. The van der Waals surface area contributed by atoms with Crippen LogP contribution >= 0.6 is 0 Å². The van der Waals surface area contributed by atoms with E-state index in [4.69, 9.17) is 0 Å². The van der Waals surface area contributed by atoms with Crippen molar-refractivity contribution >= 4 is 11.6 Å². The van der Waals surface area contributed by atoms with Gasteiger partial charge in [0.1, 0.15) is 5.69 Å². The molecule has 1 N–H and O–H groups in total. The number of hydrogen-bond acceptors (Lipinski definition) is 3. The highest BCUT2D eigenvalue weighted by Crippen LogP contribution is 2.24. The number of carbonyl (C=O) groups is 1. The predicted molar refractivity (Wildman–Crippen MR) is 105 cm³/mol. The molecule has 3 rings (SSSR count). The van der Waals surface area contributed by atoms with Crippen molar-refractivity contribution in [1.29, 1.82) is 0 Å². The summed E-state index contributed by atoms with van der Waals surface area (Å²) in [6.45, 7) is 8.49. The third-order valence-electron chi connectivity index (χ3n) is 4.29.